The maximum atomic E-state index is 13.2. The minimum Gasteiger partial charge on any atom is -0.307 e. The quantitative estimate of drug-likeness (QED) is 0.231. The van der Waals surface area contributed by atoms with Crippen molar-refractivity contribution in [1.29, 1.82) is 0 Å². The first-order valence-corrected chi connectivity index (χ1v) is 13.6. The molecule has 1 aliphatic heterocycles. The average molecular weight is 480 g/mol. The highest BCUT2D eigenvalue weighted by Crippen LogP contribution is 2.30. The molecule has 172 valence electrons. The Bertz CT molecular complexity index is 1070. The zero-order chi connectivity index (χ0) is 23.6. The van der Waals surface area contributed by atoms with Crippen LogP contribution in [0.3, 0.4) is 0 Å². The molecule has 2 aromatic carbocycles. The van der Waals surface area contributed by atoms with Crippen molar-refractivity contribution < 1.29 is 14.4 Å². The SMILES string of the molecule is CC(=O)CCSSC(C)CCC(=O)CCC(=O)N1Cc2ccccc2C#Cc2ccccc21. The van der Waals surface area contributed by atoms with Crippen molar-refractivity contribution in [2.24, 2.45) is 0 Å². The van der Waals surface area contributed by atoms with Gasteiger partial charge in [0.2, 0.25) is 5.91 Å². The highest BCUT2D eigenvalue weighted by atomic mass is 33.1. The van der Waals surface area contributed by atoms with E-state index in [-0.39, 0.29) is 30.3 Å². The highest BCUT2D eigenvalue weighted by molar-refractivity contribution is 8.76. The molecule has 0 bridgehead atoms. The maximum Gasteiger partial charge on any atom is 0.227 e. The molecule has 3 rings (SSSR count). The van der Waals surface area contributed by atoms with E-state index < -0.39 is 0 Å². The number of carbonyl (C=O) groups excluding carboxylic acids is 3. The number of rotatable bonds is 11. The van der Waals surface area contributed by atoms with Crippen LogP contribution in [0.5, 0.6) is 0 Å². The summed E-state index contributed by atoms with van der Waals surface area (Å²) in [6.45, 7) is 4.14. The summed E-state index contributed by atoms with van der Waals surface area (Å²) in [6.07, 6.45) is 2.28. The molecule has 0 radical (unpaired) electrons. The van der Waals surface area contributed by atoms with Crippen molar-refractivity contribution in [3.05, 3.63) is 65.2 Å². The Morgan fingerprint density at radius 2 is 1.64 bits per heavy atom. The van der Waals surface area contributed by atoms with Gasteiger partial charge in [-0.1, -0.05) is 70.7 Å². The molecular formula is C27H29NO3S2. The molecule has 4 nitrogen and oxygen atoms in total. The van der Waals surface area contributed by atoms with Crippen molar-refractivity contribution in [1.82, 2.24) is 0 Å². The van der Waals surface area contributed by atoms with Gasteiger partial charge in [0.1, 0.15) is 11.6 Å². The van der Waals surface area contributed by atoms with E-state index in [1.165, 1.54) is 0 Å². The summed E-state index contributed by atoms with van der Waals surface area (Å²) in [7, 11) is 3.40. The third-order valence-electron chi connectivity index (χ3n) is 5.39. The molecule has 1 heterocycles. The molecule has 2 aromatic rings. The van der Waals surface area contributed by atoms with Gasteiger partial charge >= 0.3 is 0 Å². The molecule has 0 saturated carbocycles. The topological polar surface area (TPSA) is 54.5 Å². The fourth-order valence-corrected chi connectivity index (χ4v) is 5.91. The molecule has 1 unspecified atom stereocenters. The van der Waals surface area contributed by atoms with Crippen molar-refractivity contribution in [3.8, 4) is 11.8 Å². The van der Waals surface area contributed by atoms with Crippen LogP contribution in [0.25, 0.3) is 0 Å². The summed E-state index contributed by atoms with van der Waals surface area (Å²) in [6, 6.07) is 15.6. The van der Waals surface area contributed by atoms with Crippen LogP contribution in [-0.4, -0.2) is 28.5 Å². The Kier molecular flexibility index (Phi) is 9.65. The number of Topliss-reactive ketones (excluding diaryl/α,β-unsaturated/α-hetero) is 2. The van der Waals surface area contributed by atoms with E-state index in [2.05, 4.69) is 18.8 Å². The Balaban J connectivity index is 1.55. The fourth-order valence-electron chi connectivity index (χ4n) is 3.48. The lowest BCUT2D eigenvalue weighted by Crippen LogP contribution is -2.32. The number of anilines is 1. The van der Waals surface area contributed by atoms with E-state index in [1.54, 1.807) is 33.4 Å². The summed E-state index contributed by atoms with van der Waals surface area (Å²) < 4.78 is 0. The molecule has 0 aromatic heterocycles. The van der Waals surface area contributed by atoms with Gasteiger partial charge in [-0.15, -0.1) is 0 Å². The van der Waals surface area contributed by atoms with Gasteiger partial charge in [0.25, 0.3) is 0 Å². The predicted molar refractivity (Wildman–Crippen MR) is 138 cm³/mol. The molecule has 1 aliphatic rings. The summed E-state index contributed by atoms with van der Waals surface area (Å²) >= 11 is 0. The molecule has 0 spiro atoms. The van der Waals surface area contributed by atoms with Crippen LogP contribution in [0.15, 0.2) is 48.5 Å². The number of nitrogens with zero attached hydrogens (tertiary/aromatic N) is 1. The van der Waals surface area contributed by atoms with Crippen molar-refractivity contribution >= 4 is 44.7 Å². The number of hydrogen-bond acceptors (Lipinski definition) is 5. The van der Waals surface area contributed by atoms with E-state index in [0.29, 0.717) is 24.6 Å². The van der Waals surface area contributed by atoms with Crippen LogP contribution in [0, 0.1) is 11.8 Å². The van der Waals surface area contributed by atoms with E-state index in [0.717, 1.165) is 34.6 Å². The van der Waals surface area contributed by atoms with Gasteiger partial charge < -0.3 is 4.90 Å². The third kappa shape index (κ3) is 7.80. The van der Waals surface area contributed by atoms with Gasteiger partial charge in [-0.3, -0.25) is 14.4 Å². The van der Waals surface area contributed by atoms with Crippen LogP contribution in [0.1, 0.15) is 62.6 Å². The number of hydrogen-bond donors (Lipinski definition) is 0. The summed E-state index contributed by atoms with van der Waals surface area (Å²) in [5.41, 5.74) is 3.55. The summed E-state index contributed by atoms with van der Waals surface area (Å²) in [5.74, 6) is 7.48. The van der Waals surface area contributed by atoms with Crippen LogP contribution < -0.4 is 4.90 Å². The third-order valence-corrected chi connectivity index (χ3v) is 8.36. The van der Waals surface area contributed by atoms with Crippen molar-refractivity contribution in [2.45, 2.75) is 57.7 Å². The molecule has 0 fully saturated rings. The van der Waals surface area contributed by atoms with Crippen LogP contribution in [0.4, 0.5) is 5.69 Å². The van der Waals surface area contributed by atoms with Gasteiger partial charge in [-0.25, -0.2) is 0 Å². The molecular weight excluding hydrogens is 450 g/mol. The van der Waals surface area contributed by atoms with E-state index in [1.807, 2.05) is 48.5 Å². The number of benzene rings is 2. The minimum absolute atomic E-state index is 0.0588. The van der Waals surface area contributed by atoms with Crippen LogP contribution >= 0.6 is 21.6 Å². The summed E-state index contributed by atoms with van der Waals surface area (Å²) in [4.78, 5) is 38.4. The number of fused-ring (bicyclic) bond motifs is 2. The smallest absolute Gasteiger partial charge is 0.227 e. The number of amides is 1. The van der Waals surface area contributed by atoms with Gasteiger partial charge in [0.05, 0.1) is 12.2 Å². The number of carbonyl (C=O) groups is 3. The Morgan fingerprint density at radius 3 is 2.42 bits per heavy atom. The van der Waals surface area contributed by atoms with Gasteiger partial charge in [0, 0.05) is 47.8 Å². The first kappa shape index (κ1) is 25.1. The van der Waals surface area contributed by atoms with Gasteiger partial charge in [-0.2, -0.15) is 0 Å². The normalized spacial score (nSPS) is 13.0. The average Bonchev–Trinajstić information content (AvgIpc) is 2.80. The Hall–Kier alpha value is -2.49. The molecule has 33 heavy (non-hydrogen) atoms. The van der Waals surface area contributed by atoms with Crippen LogP contribution in [0.2, 0.25) is 0 Å². The Morgan fingerprint density at radius 1 is 0.939 bits per heavy atom. The number of ketones is 2. The lowest BCUT2D eigenvalue weighted by Gasteiger charge is -2.26. The van der Waals surface area contributed by atoms with Crippen molar-refractivity contribution in [3.63, 3.8) is 0 Å². The van der Waals surface area contributed by atoms with E-state index in [4.69, 9.17) is 0 Å². The molecule has 1 amide bonds. The molecule has 6 heteroatoms. The minimum atomic E-state index is -0.0588. The predicted octanol–water partition coefficient (Wildman–Crippen LogP) is 5.81. The molecule has 0 aliphatic carbocycles. The standard InChI is InChI=1S/C27H29NO3S2/c1-20(29)17-18-32-33-21(2)11-14-25(30)15-16-27(31)28-19-24-9-4-3-7-22(24)12-13-23-8-5-6-10-26(23)28/h3-10,21H,11,14-19H2,1-2H3. The molecule has 0 saturated heterocycles. The number of para-hydroxylation sites is 1. The second kappa shape index (κ2) is 12.7. The second-order valence-electron chi connectivity index (χ2n) is 8.16. The van der Waals surface area contributed by atoms with Gasteiger partial charge in [-0.05, 0) is 37.1 Å². The second-order valence-corrected chi connectivity index (χ2v) is 11.1. The first-order valence-electron chi connectivity index (χ1n) is 11.2. The fraction of sp³-hybridized carbons (Fsp3) is 0.370. The lowest BCUT2D eigenvalue weighted by atomic mass is 10.0. The zero-order valence-electron chi connectivity index (χ0n) is 19.1. The zero-order valence-corrected chi connectivity index (χ0v) is 20.8. The van der Waals surface area contributed by atoms with Gasteiger partial charge in [0.15, 0.2) is 0 Å². The lowest BCUT2D eigenvalue weighted by molar-refractivity contribution is -0.124. The van der Waals surface area contributed by atoms with Crippen molar-refractivity contribution in [2.75, 3.05) is 10.7 Å². The molecule has 0 N–H and O–H groups in total. The van der Waals surface area contributed by atoms with E-state index >= 15 is 0 Å². The summed E-state index contributed by atoms with van der Waals surface area (Å²) in [5, 5.41) is 0.331. The van der Waals surface area contributed by atoms with Crippen LogP contribution in [-0.2, 0) is 20.9 Å². The largest absolute Gasteiger partial charge is 0.307 e. The molecule has 1 atom stereocenters. The van der Waals surface area contributed by atoms with E-state index in [9.17, 15) is 14.4 Å². The first-order chi connectivity index (χ1) is 15.9. The maximum absolute atomic E-state index is 13.2. The highest BCUT2D eigenvalue weighted by Gasteiger charge is 2.21. The Labute approximate surface area is 204 Å². The monoisotopic (exact) mass is 479 g/mol.